The lowest BCUT2D eigenvalue weighted by Gasteiger charge is -2.36. The first-order valence-corrected chi connectivity index (χ1v) is 6.11. The second-order valence-corrected chi connectivity index (χ2v) is 4.88. The van der Waals surface area contributed by atoms with Gasteiger partial charge in [-0.1, -0.05) is 6.07 Å². The van der Waals surface area contributed by atoms with Crippen molar-refractivity contribution in [3.8, 4) is 0 Å². The van der Waals surface area contributed by atoms with E-state index in [9.17, 15) is 5.11 Å². The van der Waals surface area contributed by atoms with Crippen molar-refractivity contribution in [3.63, 3.8) is 0 Å². The monoisotopic (exact) mass is 231 g/mol. The molecule has 0 unspecified atom stereocenters. The van der Waals surface area contributed by atoms with Crippen LogP contribution >= 0.6 is 0 Å². The Hall–Kier alpha value is -1.39. The van der Waals surface area contributed by atoms with Gasteiger partial charge in [0.05, 0.1) is 11.3 Å². The maximum absolute atomic E-state index is 9.94. The number of fused-ring (bicyclic) bond motifs is 1. The van der Waals surface area contributed by atoms with Gasteiger partial charge in [0, 0.05) is 25.5 Å². The zero-order valence-corrected chi connectivity index (χ0v) is 9.76. The second kappa shape index (κ2) is 4.13. The van der Waals surface area contributed by atoms with Crippen molar-refractivity contribution < 1.29 is 5.11 Å². The number of aliphatic hydroxyl groups is 1. The molecule has 2 aromatic heterocycles. The normalized spacial score (nSPS) is 18.2. The van der Waals surface area contributed by atoms with Gasteiger partial charge >= 0.3 is 0 Å². The van der Waals surface area contributed by atoms with E-state index >= 15 is 0 Å². The second-order valence-electron chi connectivity index (χ2n) is 4.88. The first-order chi connectivity index (χ1) is 8.25. The molecule has 0 atom stereocenters. The molecule has 0 spiro atoms. The van der Waals surface area contributed by atoms with Crippen LogP contribution in [0.3, 0.4) is 0 Å². The van der Waals surface area contributed by atoms with Gasteiger partial charge in [-0.15, -0.1) is 0 Å². The molecule has 90 valence electrons. The van der Waals surface area contributed by atoms with E-state index in [1.54, 1.807) is 0 Å². The molecule has 0 aromatic carbocycles. The minimum Gasteiger partial charge on any atom is -0.389 e. The summed E-state index contributed by atoms with van der Waals surface area (Å²) in [6.45, 7) is 1.38. The molecule has 2 aromatic rings. The van der Waals surface area contributed by atoms with Crippen LogP contribution in [0.15, 0.2) is 30.6 Å². The number of rotatable bonds is 4. The Morgan fingerprint density at radius 2 is 2.29 bits per heavy atom. The molecule has 1 saturated carbocycles. The lowest BCUT2D eigenvalue weighted by atomic mass is 9.80. The van der Waals surface area contributed by atoms with Crippen LogP contribution in [0.4, 0.5) is 0 Å². The average molecular weight is 231 g/mol. The minimum atomic E-state index is -0.459. The van der Waals surface area contributed by atoms with Crippen molar-refractivity contribution in [3.05, 3.63) is 36.3 Å². The summed E-state index contributed by atoms with van der Waals surface area (Å²) in [4.78, 5) is 4.49. The molecule has 3 rings (SSSR count). The molecule has 0 radical (unpaired) electrons. The third kappa shape index (κ3) is 2.18. The van der Waals surface area contributed by atoms with E-state index in [1.165, 1.54) is 0 Å². The predicted octanol–water partition coefficient (Wildman–Crippen LogP) is 1.34. The van der Waals surface area contributed by atoms with E-state index in [0.717, 1.165) is 30.6 Å². The van der Waals surface area contributed by atoms with E-state index in [2.05, 4.69) is 10.3 Å². The van der Waals surface area contributed by atoms with Gasteiger partial charge in [-0.2, -0.15) is 0 Å². The first kappa shape index (κ1) is 10.7. The largest absolute Gasteiger partial charge is 0.389 e. The average Bonchev–Trinajstić information content (AvgIpc) is 2.69. The van der Waals surface area contributed by atoms with Gasteiger partial charge in [-0.3, -0.25) is 0 Å². The molecular weight excluding hydrogens is 214 g/mol. The molecule has 2 N–H and O–H groups in total. The van der Waals surface area contributed by atoms with Gasteiger partial charge in [0.2, 0.25) is 0 Å². The minimum absolute atomic E-state index is 0.459. The van der Waals surface area contributed by atoms with Crippen LogP contribution in [0.25, 0.3) is 5.65 Å². The highest BCUT2D eigenvalue weighted by Gasteiger charge is 2.33. The molecule has 0 bridgehead atoms. The zero-order chi connectivity index (χ0) is 11.7. The summed E-state index contributed by atoms with van der Waals surface area (Å²) in [6.07, 6.45) is 7.00. The van der Waals surface area contributed by atoms with Crippen molar-refractivity contribution in [2.24, 2.45) is 0 Å². The fraction of sp³-hybridized carbons (Fsp3) is 0.462. The van der Waals surface area contributed by atoms with Crippen LogP contribution in [0.2, 0.25) is 0 Å². The van der Waals surface area contributed by atoms with Crippen molar-refractivity contribution >= 4 is 5.65 Å². The molecule has 0 amide bonds. The summed E-state index contributed by atoms with van der Waals surface area (Å²) in [7, 11) is 0. The zero-order valence-electron chi connectivity index (χ0n) is 9.76. The number of hydrogen-bond acceptors (Lipinski definition) is 3. The number of nitrogens with one attached hydrogen (secondary N) is 1. The summed E-state index contributed by atoms with van der Waals surface area (Å²) in [5.41, 5.74) is 1.52. The maximum atomic E-state index is 9.94. The van der Waals surface area contributed by atoms with Crippen molar-refractivity contribution in [1.82, 2.24) is 14.7 Å². The molecule has 4 heteroatoms. The lowest BCUT2D eigenvalue weighted by molar-refractivity contribution is -0.0315. The summed E-state index contributed by atoms with van der Waals surface area (Å²) in [5.74, 6) is 0. The Kier molecular flexibility index (Phi) is 2.61. The van der Waals surface area contributed by atoms with Gasteiger partial charge in [-0.05, 0) is 31.4 Å². The third-order valence-electron chi connectivity index (χ3n) is 3.46. The molecule has 1 aliphatic carbocycles. The van der Waals surface area contributed by atoms with E-state index in [-0.39, 0.29) is 0 Å². The highest BCUT2D eigenvalue weighted by atomic mass is 16.3. The number of imidazole rings is 1. The van der Waals surface area contributed by atoms with Crippen LogP contribution in [0.5, 0.6) is 0 Å². The standard InChI is InChI=1S/C13H17N3O/c17-13(5-3-6-13)10-14-8-11-9-16-7-2-1-4-12(16)15-11/h1-2,4,7,9,14,17H,3,5-6,8,10H2. The fourth-order valence-corrected chi connectivity index (χ4v) is 2.26. The van der Waals surface area contributed by atoms with Gasteiger partial charge in [0.1, 0.15) is 5.65 Å². The number of aromatic nitrogens is 2. The van der Waals surface area contributed by atoms with Gasteiger partial charge in [0.25, 0.3) is 0 Å². The Morgan fingerprint density at radius 1 is 1.41 bits per heavy atom. The summed E-state index contributed by atoms with van der Waals surface area (Å²) in [5, 5.41) is 13.2. The third-order valence-corrected chi connectivity index (χ3v) is 3.46. The van der Waals surface area contributed by atoms with E-state index in [1.807, 2.05) is 35.0 Å². The first-order valence-electron chi connectivity index (χ1n) is 6.11. The van der Waals surface area contributed by atoms with Crippen LogP contribution < -0.4 is 5.32 Å². The SMILES string of the molecule is OC1(CNCc2cn3ccccc3n2)CCC1. The molecular formula is C13H17N3O. The fourth-order valence-electron chi connectivity index (χ4n) is 2.26. The van der Waals surface area contributed by atoms with Crippen LogP contribution in [-0.2, 0) is 6.54 Å². The number of nitrogens with zero attached hydrogens (tertiary/aromatic N) is 2. The van der Waals surface area contributed by atoms with Crippen molar-refractivity contribution in [2.45, 2.75) is 31.4 Å². The molecule has 0 saturated heterocycles. The molecule has 4 nitrogen and oxygen atoms in total. The predicted molar refractivity (Wildman–Crippen MR) is 65.7 cm³/mol. The maximum Gasteiger partial charge on any atom is 0.137 e. The van der Waals surface area contributed by atoms with E-state index in [0.29, 0.717) is 13.1 Å². The van der Waals surface area contributed by atoms with Crippen molar-refractivity contribution in [2.75, 3.05) is 6.54 Å². The molecule has 17 heavy (non-hydrogen) atoms. The lowest BCUT2D eigenvalue weighted by Crippen LogP contribution is -2.46. The van der Waals surface area contributed by atoms with E-state index in [4.69, 9.17) is 0 Å². The molecule has 2 heterocycles. The summed E-state index contributed by atoms with van der Waals surface area (Å²) >= 11 is 0. The quantitative estimate of drug-likeness (QED) is 0.835. The summed E-state index contributed by atoms with van der Waals surface area (Å²) in [6, 6.07) is 5.96. The van der Waals surface area contributed by atoms with E-state index < -0.39 is 5.60 Å². The van der Waals surface area contributed by atoms with Gasteiger partial charge in [-0.25, -0.2) is 4.98 Å². The number of pyridine rings is 1. The van der Waals surface area contributed by atoms with Crippen molar-refractivity contribution in [1.29, 1.82) is 0 Å². The Labute approximate surface area is 100 Å². The smallest absolute Gasteiger partial charge is 0.137 e. The highest BCUT2D eigenvalue weighted by Crippen LogP contribution is 2.30. The summed E-state index contributed by atoms with van der Waals surface area (Å²) < 4.78 is 2.01. The Balaban J connectivity index is 1.61. The highest BCUT2D eigenvalue weighted by molar-refractivity contribution is 5.39. The van der Waals surface area contributed by atoms with Crippen LogP contribution in [0, 0.1) is 0 Å². The topological polar surface area (TPSA) is 49.6 Å². The van der Waals surface area contributed by atoms with Crippen LogP contribution in [0.1, 0.15) is 25.0 Å². The van der Waals surface area contributed by atoms with Crippen LogP contribution in [-0.4, -0.2) is 26.6 Å². The van der Waals surface area contributed by atoms with Gasteiger partial charge in [0.15, 0.2) is 0 Å². The Bertz CT molecular complexity index is 483. The number of hydrogen-bond donors (Lipinski definition) is 2. The molecule has 0 aliphatic heterocycles. The van der Waals surface area contributed by atoms with Gasteiger partial charge < -0.3 is 14.8 Å². The Morgan fingerprint density at radius 3 is 3.00 bits per heavy atom. The molecule has 1 aliphatic rings. The molecule has 1 fully saturated rings.